The SMILES string of the molecule is CC(O)C(N)C(=O)NC(C)(C)C. The van der Waals surface area contributed by atoms with Crippen LogP contribution in [0.2, 0.25) is 0 Å². The first kappa shape index (κ1) is 11.4. The quantitative estimate of drug-likeness (QED) is 0.533. The first-order chi connectivity index (χ1) is 5.24. The van der Waals surface area contributed by atoms with E-state index in [0.717, 1.165) is 0 Å². The molecule has 0 aliphatic rings. The molecule has 4 heteroatoms. The predicted molar refractivity (Wildman–Crippen MR) is 47.6 cm³/mol. The van der Waals surface area contributed by atoms with Gasteiger partial charge in [-0.25, -0.2) is 0 Å². The fourth-order valence-electron chi connectivity index (χ4n) is 0.672. The van der Waals surface area contributed by atoms with Crippen LogP contribution in [0.25, 0.3) is 0 Å². The number of nitrogens with two attached hydrogens (primary N) is 1. The second-order valence-electron chi connectivity index (χ2n) is 4.01. The molecule has 2 atom stereocenters. The summed E-state index contributed by atoms with van der Waals surface area (Å²) in [6, 6.07) is -0.843. The Kier molecular flexibility index (Phi) is 3.67. The molecule has 4 N–H and O–H groups in total. The smallest absolute Gasteiger partial charge is 0.239 e. The molecule has 0 heterocycles. The van der Waals surface area contributed by atoms with Crippen molar-refractivity contribution in [2.24, 2.45) is 5.73 Å². The van der Waals surface area contributed by atoms with E-state index in [2.05, 4.69) is 5.32 Å². The standard InChI is InChI=1S/C8H18N2O2/c1-5(11)6(9)7(12)10-8(2,3)4/h5-6,11H,9H2,1-4H3,(H,10,12). The van der Waals surface area contributed by atoms with Gasteiger partial charge in [-0.1, -0.05) is 0 Å². The van der Waals surface area contributed by atoms with E-state index in [0.29, 0.717) is 0 Å². The topological polar surface area (TPSA) is 75.3 Å². The number of amides is 1. The molecule has 12 heavy (non-hydrogen) atoms. The van der Waals surface area contributed by atoms with E-state index in [-0.39, 0.29) is 11.4 Å². The Labute approximate surface area is 73.1 Å². The molecule has 0 bridgehead atoms. The summed E-state index contributed by atoms with van der Waals surface area (Å²) in [6.45, 7) is 7.08. The van der Waals surface area contributed by atoms with Gasteiger partial charge in [-0.15, -0.1) is 0 Å². The number of carbonyl (C=O) groups is 1. The summed E-state index contributed by atoms with van der Waals surface area (Å²) in [5, 5.41) is 11.7. The van der Waals surface area contributed by atoms with Crippen molar-refractivity contribution in [2.75, 3.05) is 0 Å². The number of carbonyl (C=O) groups excluding carboxylic acids is 1. The van der Waals surface area contributed by atoms with Crippen LogP contribution in [-0.4, -0.2) is 28.7 Å². The van der Waals surface area contributed by atoms with Crippen LogP contribution in [-0.2, 0) is 4.79 Å². The fourth-order valence-corrected chi connectivity index (χ4v) is 0.672. The van der Waals surface area contributed by atoms with E-state index in [4.69, 9.17) is 10.8 Å². The zero-order valence-electron chi connectivity index (χ0n) is 8.09. The number of nitrogens with one attached hydrogen (secondary N) is 1. The van der Waals surface area contributed by atoms with E-state index in [9.17, 15) is 4.79 Å². The monoisotopic (exact) mass is 174 g/mol. The Morgan fingerprint density at radius 3 is 2.17 bits per heavy atom. The molecule has 2 unspecified atom stereocenters. The second kappa shape index (κ2) is 3.87. The van der Waals surface area contributed by atoms with Crippen molar-refractivity contribution in [3.8, 4) is 0 Å². The Bertz CT molecular complexity index is 161. The van der Waals surface area contributed by atoms with Gasteiger partial charge in [-0.3, -0.25) is 4.79 Å². The third-order valence-corrected chi connectivity index (χ3v) is 1.32. The molecule has 0 aromatic heterocycles. The van der Waals surface area contributed by atoms with Crippen LogP contribution in [0.1, 0.15) is 27.7 Å². The molecule has 0 aromatic rings. The molecule has 0 fully saturated rings. The van der Waals surface area contributed by atoms with Crippen molar-refractivity contribution >= 4 is 5.91 Å². The lowest BCUT2D eigenvalue weighted by molar-refractivity contribution is -0.125. The van der Waals surface area contributed by atoms with Gasteiger partial charge in [-0.2, -0.15) is 0 Å². The molecule has 0 aliphatic heterocycles. The van der Waals surface area contributed by atoms with Gasteiger partial charge in [0, 0.05) is 5.54 Å². The van der Waals surface area contributed by atoms with Crippen LogP contribution >= 0.6 is 0 Å². The minimum Gasteiger partial charge on any atom is -0.391 e. The van der Waals surface area contributed by atoms with E-state index < -0.39 is 12.1 Å². The molecule has 0 saturated heterocycles. The molecule has 0 radical (unpaired) electrons. The van der Waals surface area contributed by atoms with Crippen LogP contribution in [0.3, 0.4) is 0 Å². The molecule has 0 rings (SSSR count). The Balaban J connectivity index is 4.05. The highest BCUT2D eigenvalue weighted by Crippen LogP contribution is 2.00. The van der Waals surface area contributed by atoms with Crippen LogP contribution in [0.5, 0.6) is 0 Å². The van der Waals surface area contributed by atoms with Gasteiger partial charge in [0.05, 0.1) is 6.10 Å². The maximum atomic E-state index is 11.2. The van der Waals surface area contributed by atoms with Crippen molar-refractivity contribution < 1.29 is 9.90 Å². The largest absolute Gasteiger partial charge is 0.391 e. The summed E-state index contributed by atoms with van der Waals surface area (Å²) < 4.78 is 0. The van der Waals surface area contributed by atoms with E-state index in [1.165, 1.54) is 6.92 Å². The lowest BCUT2D eigenvalue weighted by Crippen LogP contribution is -2.52. The van der Waals surface area contributed by atoms with Crippen LogP contribution in [0.4, 0.5) is 0 Å². The zero-order valence-corrected chi connectivity index (χ0v) is 8.09. The van der Waals surface area contributed by atoms with Gasteiger partial charge >= 0.3 is 0 Å². The number of aliphatic hydroxyl groups is 1. The number of aliphatic hydroxyl groups excluding tert-OH is 1. The van der Waals surface area contributed by atoms with E-state index >= 15 is 0 Å². The molecule has 4 nitrogen and oxygen atoms in total. The molecular formula is C8H18N2O2. The predicted octanol–water partition coefficient (Wildman–Crippen LogP) is -0.391. The number of rotatable bonds is 2. The fraction of sp³-hybridized carbons (Fsp3) is 0.875. The van der Waals surface area contributed by atoms with Crippen molar-refractivity contribution in [1.82, 2.24) is 5.32 Å². The highest BCUT2D eigenvalue weighted by Gasteiger charge is 2.22. The summed E-state index contributed by atoms with van der Waals surface area (Å²) in [4.78, 5) is 11.2. The minimum absolute atomic E-state index is 0.302. The zero-order chi connectivity index (χ0) is 9.94. The molecule has 0 aliphatic carbocycles. The Morgan fingerprint density at radius 1 is 1.50 bits per heavy atom. The molecular weight excluding hydrogens is 156 g/mol. The molecule has 72 valence electrons. The average molecular weight is 174 g/mol. The summed E-state index contributed by atoms with van der Waals surface area (Å²) in [5.74, 6) is -0.322. The summed E-state index contributed by atoms with van der Waals surface area (Å²) >= 11 is 0. The maximum Gasteiger partial charge on any atom is 0.239 e. The average Bonchev–Trinajstić information content (AvgIpc) is 1.82. The lowest BCUT2D eigenvalue weighted by atomic mass is 10.1. The van der Waals surface area contributed by atoms with Gasteiger partial charge < -0.3 is 16.2 Å². The lowest BCUT2D eigenvalue weighted by Gasteiger charge is -2.24. The van der Waals surface area contributed by atoms with Crippen LogP contribution < -0.4 is 11.1 Å². The van der Waals surface area contributed by atoms with Gasteiger partial charge in [0.1, 0.15) is 6.04 Å². The molecule has 0 aromatic carbocycles. The van der Waals surface area contributed by atoms with Gasteiger partial charge in [-0.05, 0) is 27.7 Å². The van der Waals surface area contributed by atoms with Gasteiger partial charge in [0.15, 0.2) is 0 Å². The maximum absolute atomic E-state index is 11.2. The third-order valence-electron chi connectivity index (χ3n) is 1.32. The second-order valence-corrected chi connectivity index (χ2v) is 4.01. The minimum atomic E-state index is -0.843. The van der Waals surface area contributed by atoms with Crippen molar-refractivity contribution in [2.45, 2.75) is 45.4 Å². The Morgan fingerprint density at radius 2 is 1.92 bits per heavy atom. The number of hydrogen-bond donors (Lipinski definition) is 3. The third kappa shape index (κ3) is 4.31. The van der Waals surface area contributed by atoms with Crippen LogP contribution in [0.15, 0.2) is 0 Å². The summed E-state index contributed by atoms with van der Waals surface area (Å²) in [6.07, 6.45) is -0.813. The highest BCUT2D eigenvalue weighted by atomic mass is 16.3. The van der Waals surface area contributed by atoms with E-state index in [1.54, 1.807) is 0 Å². The van der Waals surface area contributed by atoms with Crippen molar-refractivity contribution in [3.63, 3.8) is 0 Å². The van der Waals surface area contributed by atoms with Crippen LogP contribution in [0, 0.1) is 0 Å². The molecule has 0 spiro atoms. The first-order valence-corrected chi connectivity index (χ1v) is 4.00. The first-order valence-electron chi connectivity index (χ1n) is 4.00. The molecule has 0 saturated carbocycles. The van der Waals surface area contributed by atoms with Crippen molar-refractivity contribution in [3.05, 3.63) is 0 Å². The number of hydrogen-bond acceptors (Lipinski definition) is 3. The normalized spacial score (nSPS) is 16.8. The Hall–Kier alpha value is -0.610. The highest BCUT2D eigenvalue weighted by molar-refractivity contribution is 5.82. The molecule has 1 amide bonds. The van der Waals surface area contributed by atoms with Crippen molar-refractivity contribution in [1.29, 1.82) is 0 Å². The van der Waals surface area contributed by atoms with Gasteiger partial charge in [0.25, 0.3) is 0 Å². The summed E-state index contributed by atoms with van der Waals surface area (Å²) in [7, 11) is 0. The van der Waals surface area contributed by atoms with Gasteiger partial charge in [0.2, 0.25) is 5.91 Å². The van der Waals surface area contributed by atoms with E-state index in [1.807, 2.05) is 20.8 Å². The summed E-state index contributed by atoms with van der Waals surface area (Å²) in [5.41, 5.74) is 5.10.